The third kappa shape index (κ3) is 2.10. The summed E-state index contributed by atoms with van der Waals surface area (Å²) in [6.07, 6.45) is 5.53. The highest BCUT2D eigenvalue weighted by molar-refractivity contribution is 5.88. The molecule has 0 saturated heterocycles. The Kier molecular flexibility index (Phi) is 3.59. The van der Waals surface area contributed by atoms with Gasteiger partial charge in [-0.05, 0) is 38.2 Å². The average molecular weight is 252 g/mol. The molecular weight excluding hydrogens is 232 g/mol. The van der Waals surface area contributed by atoms with Gasteiger partial charge in [0.2, 0.25) is 0 Å². The van der Waals surface area contributed by atoms with Gasteiger partial charge >= 0.3 is 5.97 Å². The Balaban J connectivity index is 2.25. The molecule has 4 heteroatoms. The van der Waals surface area contributed by atoms with Crippen LogP contribution in [0.15, 0.2) is 23.3 Å². The van der Waals surface area contributed by atoms with Crippen molar-refractivity contribution >= 4 is 5.97 Å². The molecule has 0 bridgehead atoms. The van der Waals surface area contributed by atoms with Crippen LogP contribution in [-0.2, 0) is 9.53 Å². The first-order valence-electron chi connectivity index (χ1n) is 6.38. The monoisotopic (exact) mass is 252 g/mol. The Morgan fingerprint density at radius 1 is 1.50 bits per heavy atom. The van der Waals surface area contributed by atoms with Gasteiger partial charge in [0.1, 0.15) is 0 Å². The number of allylic oxidation sites excluding steroid dienone is 2. The second-order valence-corrected chi connectivity index (χ2v) is 5.19. The van der Waals surface area contributed by atoms with Gasteiger partial charge in [-0.1, -0.05) is 12.2 Å². The van der Waals surface area contributed by atoms with Crippen LogP contribution in [0.3, 0.4) is 0 Å². The Morgan fingerprint density at radius 3 is 2.83 bits per heavy atom. The molecule has 0 aromatic heterocycles. The van der Waals surface area contributed by atoms with Crippen LogP contribution in [0.5, 0.6) is 0 Å². The number of esters is 1. The molecule has 18 heavy (non-hydrogen) atoms. The molecule has 4 nitrogen and oxygen atoms in total. The van der Waals surface area contributed by atoms with Crippen molar-refractivity contribution in [3.05, 3.63) is 23.3 Å². The van der Waals surface area contributed by atoms with Gasteiger partial charge in [0.15, 0.2) is 0 Å². The third-order valence-corrected chi connectivity index (χ3v) is 4.19. The number of rotatable bonds is 2. The first-order chi connectivity index (χ1) is 8.49. The minimum absolute atomic E-state index is 0.144. The van der Waals surface area contributed by atoms with Crippen LogP contribution in [0.4, 0.5) is 0 Å². The Bertz CT molecular complexity index is 408. The summed E-state index contributed by atoms with van der Waals surface area (Å²) >= 11 is 0. The number of hydrogen-bond acceptors (Lipinski definition) is 4. The number of carbonyl (C=O) groups excluding carboxylic acids is 1. The van der Waals surface area contributed by atoms with Gasteiger partial charge in [-0.2, -0.15) is 0 Å². The fourth-order valence-electron chi connectivity index (χ4n) is 3.13. The lowest BCUT2D eigenvalue weighted by atomic mass is 9.81. The predicted octanol–water partition coefficient (Wildman–Crippen LogP) is 1.33. The highest BCUT2D eigenvalue weighted by Crippen LogP contribution is 2.46. The lowest BCUT2D eigenvalue weighted by Crippen LogP contribution is -2.40. The molecular formula is C14H20O4. The summed E-state index contributed by atoms with van der Waals surface area (Å²) in [5, 5.41) is 20.6. The second kappa shape index (κ2) is 4.86. The lowest BCUT2D eigenvalue weighted by Gasteiger charge is -2.32. The molecule has 2 aliphatic rings. The summed E-state index contributed by atoms with van der Waals surface area (Å²) in [7, 11) is 1.36. The topological polar surface area (TPSA) is 66.8 Å². The Labute approximate surface area is 107 Å². The van der Waals surface area contributed by atoms with Gasteiger partial charge in [-0.15, -0.1) is 0 Å². The number of methoxy groups -OCH3 is 1. The van der Waals surface area contributed by atoms with E-state index in [1.54, 1.807) is 13.0 Å². The van der Waals surface area contributed by atoms with Gasteiger partial charge in [-0.3, -0.25) is 0 Å². The summed E-state index contributed by atoms with van der Waals surface area (Å²) in [5.74, 6) is -0.488. The number of aliphatic hydroxyl groups excluding tert-OH is 1. The molecule has 0 radical (unpaired) electrons. The van der Waals surface area contributed by atoms with Crippen molar-refractivity contribution < 1.29 is 19.7 Å². The number of aliphatic hydroxyl groups is 2. The van der Waals surface area contributed by atoms with Crippen LogP contribution >= 0.6 is 0 Å². The molecule has 0 amide bonds. The van der Waals surface area contributed by atoms with E-state index in [0.717, 1.165) is 18.4 Å². The SMILES string of the molecule is COC(=O)C1=CC=C2CC[C@@H]([C@@H](C)O)[C@@]2(O)CC1. The van der Waals surface area contributed by atoms with Crippen LogP contribution < -0.4 is 0 Å². The van der Waals surface area contributed by atoms with Gasteiger partial charge in [0, 0.05) is 11.5 Å². The minimum atomic E-state index is -0.972. The number of carbonyl (C=O) groups is 1. The number of fused-ring (bicyclic) bond motifs is 1. The second-order valence-electron chi connectivity index (χ2n) is 5.19. The fourth-order valence-corrected chi connectivity index (χ4v) is 3.13. The van der Waals surface area contributed by atoms with Gasteiger partial charge in [0.25, 0.3) is 0 Å². The van der Waals surface area contributed by atoms with E-state index < -0.39 is 11.7 Å². The van der Waals surface area contributed by atoms with Crippen molar-refractivity contribution in [2.45, 2.75) is 44.3 Å². The highest BCUT2D eigenvalue weighted by Gasteiger charge is 2.47. The van der Waals surface area contributed by atoms with Crippen molar-refractivity contribution in [3.8, 4) is 0 Å². The van der Waals surface area contributed by atoms with E-state index in [-0.39, 0.29) is 11.9 Å². The average Bonchev–Trinajstić information content (AvgIpc) is 2.57. The quantitative estimate of drug-likeness (QED) is 0.728. The predicted molar refractivity (Wildman–Crippen MR) is 66.8 cm³/mol. The molecule has 2 rings (SSSR count). The molecule has 3 atom stereocenters. The van der Waals surface area contributed by atoms with Gasteiger partial charge < -0.3 is 14.9 Å². The van der Waals surface area contributed by atoms with E-state index in [1.165, 1.54) is 7.11 Å². The summed E-state index contributed by atoms with van der Waals surface area (Å²) in [6.45, 7) is 1.71. The Morgan fingerprint density at radius 2 is 2.22 bits per heavy atom. The summed E-state index contributed by atoms with van der Waals surface area (Å²) in [6, 6.07) is 0. The molecule has 100 valence electrons. The van der Waals surface area contributed by atoms with Crippen LogP contribution in [0.2, 0.25) is 0 Å². The molecule has 0 aromatic rings. The van der Waals surface area contributed by atoms with Crippen molar-refractivity contribution in [1.82, 2.24) is 0 Å². The van der Waals surface area contributed by atoms with E-state index in [4.69, 9.17) is 4.74 Å². The lowest BCUT2D eigenvalue weighted by molar-refractivity contribution is -0.136. The molecule has 2 aliphatic carbocycles. The van der Waals surface area contributed by atoms with Crippen molar-refractivity contribution in [3.63, 3.8) is 0 Å². The van der Waals surface area contributed by atoms with Crippen molar-refractivity contribution in [2.24, 2.45) is 5.92 Å². The maximum absolute atomic E-state index is 11.5. The number of ether oxygens (including phenoxy) is 1. The zero-order valence-electron chi connectivity index (χ0n) is 10.8. The fraction of sp³-hybridized carbons (Fsp3) is 0.643. The molecule has 0 aromatic carbocycles. The van der Waals surface area contributed by atoms with Crippen LogP contribution in [0.1, 0.15) is 32.6 Å². The molecule has 2 N–H and O–H groups in total. The maximum Gasteiger partial charge on any atom is 0.333 e. The van der Waals surface area contributed by atoms with Gasteiger partial charge in [0.05, 0.1) is 18.8 Å². The van der Waals surface area contributed by atoms with E-state index >= 15 is 0 Å². The summed E-state index contributed by atoms with van der Waals surface area (Å²) in [4.78, 5) is 11.5. The molecule has 1 saturated carbocycles. The van der Waals surface area contributed by atoms with E-state index in [9.17, 15) is 15.0 Å². The number of hydrogen-bond donors (Lipinski definition) is 2. The largest absolute Gasteiger partial charge is 0.466 e. The maximum atomic E-state index is 11.5. The molecule has 1 fully saturated rings. The zero-order valence-corrected chi connectivity index (χ0v) is 10.8. The third-order valence-electron chi connectivity index (χ3n) is 4.19. The highest BCUT2D eigenvalue weighted by atomic mass is 16.5. The van der Waals surface area contributed by atoms with E-state index in [1.807, 2.05) is 6.08 Å². The molecule has 0 aliphatic heterocycles. The molecule has 0 spiro atoms. The summed E-state index contributed by atoms with van der Waals surface area (Å²) in [5.41, 5.74) is 0.532. The first-order valence-corrected chi connectivity index (χ1v) is 6.38. The first kappa shape index (κ1) is 13.3. The molecule has 0 heterocycles. The smallest absolute Gasteiger partial charge is 0.333 e. The van der Waals surface area contributed by atoms with Crippen molar-refractivity contribution in [2.75, 3.05) is 7.11 Å². The van der Waals surface area contributed by atoms with Gasteiger partial charge in [-0.25, -0.2) is 4.79 Å². The van der Waals surface area contributed by atoms with Crippen LogP contribution in [0.25, 0.3) is 0 Å². The Hall–Kier alpha value is -1.13. The standard InChI is InChI=1S/C14H20O4/c1-9(15)12-6-5-11-4-3-10(13(16)18-2)7-8-14(11,12)17/h3-4,9,12,15,17H,5-8H2,1-2H3/t9-,12+,14-/m1/s1. The molecule has 0 unspecified atom stereocenters. The van der Waals surface area contributed by atoms with E-state index in [2.05, 4.69) is 0 Å². The van der Waals surface area contributed by atoms with Crippen LogP contribution in [0, 0.1) is 5.92 Å². The van der Waals surface area contributed by atoms with Crippen LogP contribution in [-0.4, -0.2) is 35.0 Å². The van der Waals surface area contributed by atoms with E-state index in [0.29, 0.717) is 18.4 Å². The zero-order chi connectivity index (χ0) is 13.3. The summed E-state index contributed by atoms with van der Waals surface area (Å²) < 4.78 is 4.71. The minimum Gasteiger partial charge on any atom is -0.466 e. The van der Waals surface area contributed by atoms with Crippen molar-refractivity contribution in [1.29, 1.82) is 0 Å². The normalized spacial score (nSPS) is 33.0.